The van der Waals surface area contributed by atoms with E-state index in [1.807, 2.05) is 37.3 Å². The minimum Gasteiger partial charge on any atom is -0.386 e. The zero-order valence-corrected chi connectivity index (χ0v) is 15.0. The molecule has 0 saturated heterocycles. The van der Waals surface area contributed by atoms with Crippen molar-refractivity contribution in [1.82, 2.24) is 10.6 Å². The predicted octanol–water partition coefficient (Wildman–Crippen LogP) is 3.84. The average Bonchev–Trinajstić information content (AvgIpc) is 2.98. The van der Waals surface area contributed by atoms with E-state index in [0.29, 0.717) is 28.4 Å². The minimum absolute atomic E-state index is 0.364. The summed E-state index contributed by atoms with van der Waals surface area (Å²) in [4.78, 5) is 5.33. The lowest BCUT2D eigenvalue weighted by atomic mass is 10.2. The number of guanidine groups is 1. The third-order valence-electron chi connectivity index (χ3n) is 3.06. The lowest BCUT2D eigenvalue weighted by Crippen LogP contribution is -2.39. The summed E-state index contributed by atoms with van der Waals surface area (Å²) in [6.45, 7) is 3.64. The fourth-order valence-corrected chi connectivity index (χ4v) is 3.08. The summed E-state index contributed by atoms with van der Waals surface area (Å²) in [6.07, 6.45) is -0.619. The molecule has 4 nitrogen and oxygen atoms in total. The number of rotatable bonds is 6. The quantitative estimate of drug-likeness (QED) is 0.533. The summed E-state index contributed by atoms with van der Waals surface area (Å²) in [6, 6.07) is 11.2. The molecule has 0 saturated carbocycles. The molecular weight excluding hydrogens is 353 g/mol. The van der Waals surface area contributed by atoms with Crippen LogP contribution >= 0.6 is 34.5 Å². The third kappa shape index (κ3) is 6.03. The molecular formula is C16H19Cl2N3OS. The molecule has 23 heavy (non-hydrogen) atoms. The first-order valence-corrected chi connectivity index (χ1v) is 8.85. The second-order valence-corrected chi connectivity index (χ2v) is 7.04. The Kier molecular flexibility index (Phi) is 7.17. The van der Waals surface area contributed by atoms with Crippen LogP contribution in [-0.2, 0) is 6.54 Å². The zero-order chi connectivity index (χ0) is 16.7. The molecule has 0 amide bonds. The Bertz CT molecular complexity index is 643. The van der Waals surface area contributed by atoms with Crippen molar-refractivity contribution in [2.75, 3.05) is 13.1 Å². The van der Waals surface area contributed by atoms with Gasteiger partial charge in [-0.2, -0.15) is 0 Å². The van der Waals surface area contributed by atoms with Gasteiger partial charge in [0.25, 0.3) is 0 Å². The highest BCUT2D eigenvalue weighted by Crippen LogP contribution is 2.26. The molecule has 0 bridgehead atoms. The normalized spacial score (nSPS) is 13.0. The molecule has 0 aliphatic rings. The molecule has 1 heterocycles. The summed E-state index contributed by atoms with van der Waals surface area (Å²) < 4.78 is 0.669. The van der Waals surface area contributed by atoms with Crippen LogP contribution in [0.3, 0.4) is 0 Å². The predicted molar refractivity (Wildman–Crippen MR) is 98.6 cm³/mol. The fourth-order valence-electron chi connectivity index (χ4n) is 1.90. The molecule has 0 aliphatic heterocycles. The van der Waals surface area contributed by atoms with E-state index < -0.39 is 6.10 Å². The maximum Gasteiger partial charge on any atom is 0.191 e. The third-order valence-corrected chi connectivity index (χ3v) is 4.65. The monoisotopic (exact) mass is 371 g/mol. The van der Waals surface area contributed by atoms with Gasteiger partial charge in [-0.1, -0.05) is 35.3 Å². The van der Waals surface area contributed by atoms with Gasteiger partial charge in [0.2, 0.25) is 0 Å². The van der Waals surface area contributed by atoms with Crippen molar-refractivity contribution in [2.24, 2.45) is 4.99 Å². The number of hydrogen-bond donors (Lipinski definition) is 3. The Morgan fingerprint density at radius 2 is 1.91 bits per heavy atom. The van der Waals surface area contributed by atoms with Gasteiger partial charge in [0.05, 0.1) is 10.9 Å². The number of aliphatic hydroxyl groups is 1. The highest BCUT2D eigenvalue weighted by Gasteiger charge is 2.10. The molecule has 1 aromatic carbocycles. The lowest BCUT2D eigenvalue weighted by Gasteiger charge is -2.14. The van der Waals surface area contributed by atoms with Crippen molar-refractivity contribution in [2.45, 2.75) is 19.6 Å². The lowest BCUT2D eigenvalue weighted by molar-refractivity contribution is 0.184. The first-order chi connectivity index (χ1) is 11.1. The standard InChI is InChI=1S/C16H19Cl2N3OS/c1-2-19-16(20-9-11-3-5-12(17)6-4-11)21-10-13(22)14-7-8-15(18)23-14/h3-8,13,22H,2,9-10H2,1H3,(H2,19,20,21). The van der Waals surface area contributed by atoms with E-state index in [4.69, 9.17) is 23.2 Å². The average molecular weight is 372 g/mol. The fraction of sp³-hybridized carbons (Fsp3) is 0.312. The van der Waals surface area contributed by atoms with E-state index in [1.165, 1.54) is 11.3 Å². The maximum absolute atomic E-state index is 10.2. The molecule has 3 N–H and O–H groups in total. The number of nitrogens with one attached hydrogen (secondary N) is 2. The van der Waals surface area contributed by atoms with Crippen LogP contribution in [0.4, 0.5) is 0 Å². The van der Waals surface area contributed by atoms with E-state index in [9.17, 15) is 5.11 Å². The summed E-state index contributed by atoms with van der Waals surface area (Å²) in [5, 5.41) is 17.2. The Labute approximate surface area is 150 Å². The highest BCUT2D eigenvalue weighted by atomic mass is 35.5. The Morgan fingerprint density at radius 3 is 2.52 bits per heavy atom. The van der Waals surface area contributed by atoms with Crippen molar-refractivity contribution < 1.29 is 5.11 Å². The van der Waals surface area contributed by atoms with Crippen LogP contribution in [0.1, 0.15) is 23.5 Å². The Morgan fingerprint density at radius 1 is 1.17 bits per heavy atom. The number of benzene rings is 1. The number of hydrogen-bond acceptors (Lipinski definition) is 3. The Balaban J connectivity index is 1.92. The van der Waals surface area contributed by atoms with Gasteiger partial charge in [-0.3, -0.25) is 0 Å². The zero-order valence-electron chi connectivity index (χ0n) is 12.7. The van der Waals surface area contributed by atoms with Gasteiger partial charge in [-0.05, 0) is 36.8 Å². The highest BCUT2D eigenvalue weighted by molar-refractivity contribution is 7.16. The van der Waals surface area contributed by atoms with Gasteiger partial charge < -0.3 is 15.7 Å². The maximum atomic E-state index is 10.2. The first-order valence-electron chi connectivity index (χ1n) is 7.28. The largest absolute Gasteiger partial charge is 0.386 e. The molecule has 1 atom stereocenters. The molecule has 2 aromatic rings. The van der Waals surface area contributed by atoms with E-state index in [-0.39, 0.29) is 0 Å². The van der Waals surface area contributed by atoms with Crippen molar-refractivity contribution in [3.05, 3.63) is 56.2 Å². The van der Waals surface area contributed by atoms with Gasteiger partial charge in [-0.25, -0.2) is 4.99 Å². The Hall–Kier alpha value is -1.27. The van der Waals surface area contributed by atoms with Crippen LogP contribution in [-0.4, -0.2) is 24.2 Å². The molecule has 1 aromatic heterocycles. The van der Waals surface area contributed by atoms with Crippen molar-refractivity contribution >= 4 is 40.5 Å². The molecule has 2 rings (SSSR count). The summed E-state index contributed by atoms with van der Waals surface area (Å²) in [5.41, 5.74) is 1.07. The van der Waals surface area contributed by atoms with Gasteiger partial charge in [0, 0.05) is 23.0 Å². The van der Waals surface area contributed by atoms with Crippen LogP contribution in [0.25, 0.3) is 0 Å². The van der Waals surface area contributed by atoms with Crippen molar-refractivity contribution in [1.29, 1.82) is 0 Å². The summed E-state index contributed by atoms with van der Waals surface area (Å²) in [5.74, 6) is 0.657. The van der Waals surface area contributed by atoms with E-state index in [2.05, 4.69) is 15.6 Å². The smallest absolute Gasteiger partial charge is 0.191 e. The van der Waals surface area contributed by atoms with E-state index in [0.717, 1.165) is 17.0 Å². The molecule has 1 unspecified atom stereocenters. The van der Waals surface area contributed by atoms with Crippen LogP contribution in [0.15, 0.2) is 41.4 Å². The van der Waals surface area contributed by atoms with Crippen LogP contribution in [0, 0.1) is 0 Å². The number of aliphatic imine (C=N–C) groups is 1. The summed E-state index contributed by atoms with van der Waals surface area (Å²) >= 11 is 13.1. The number of halogens is 2. The molecule has 0 aliphatic carbocycles. The van der Waals surface area contributed by atoms with Crippen molar-refractivity contribution in [3.63, 3.8) is 0 Å². The SMILES string of the molecule is CCNC(=NCc1ccc(Cl)cc1)NCC(O)c1ccc(Cl)s1. The van der Waals surface area contributed by atoms with Crippen molar-refractivity contribution in [3.8, 4) is 0 Å². The topological polar surface area (TPSA) is 56.7 Å². The molecule has 7 heteroatoms. The van der Waals surface area contributed by atoms with E-state index >= 15 is 0 Å². The van der Waals surface area contributed by atoms with Crippen LogP contribution in [0.5, 0.6) is 0 Å². The number of nitrogens with zero attached hydrogens (tertiary/aromatic N) is 1. The van der Waals surface area contributed by atoms with Gasteiger partial charge in [0.15, 0.2) is 5.96 Å². The number of aliphatic hydroxyl groups excluding tert-OH is 1. The van der Waals surface area contributed by atoms with Crippen LogP contribution in [0.2, 0.25) is 9.36 Å². The van der Waals surface area contributed by atoms with Crippen LogP contribution < -0.4 is 10.6 Å². The number of thiophene rings is 1. The molecule has 0 spiro atoms. The second kappa shape index (κ2) is 9.13. The molecule has 0 fully saturated rings. The molecule has 0 radical (unpaired) electrons. The summed E-state index contributed by atoms with van der Waals surface area (Å²) in [7, 11) is 0. The second-order valence-electron chi connectivity index (χ2n) is 4.86. The van der Waals surface area contributed by atoms with E-state index in [1.54, 1.807) is 6.07 Å². The van der Waals surface area contributed by atoms with Gasteiger partial charge in [-0.15, -0.1) is 11.3 Å². The molecule has 124 valence electrons. The van der Waals surface area contributed by atoms with Gasteiger partial charge >= 0.3 is 0 Å². The first kappa shape index (κ1) is 18.1. The minimum atomic E-state index is -0.619. The van der Waals surface area contributed by atoms with Gasteiger partial charge in [0.1, 0.15) is 6.10 Å².